The normalized spacial score (nSPS) is 16.5. The molecule has 5 rings (SSSR count). The Morgan fingerprint density at radius 1 is 1.24 bits per heavy atom. The number of hydrogen-bond donors (Lipinski definition) is 1. The van der Waals surface area contributed by atoms with Gasteiger partial charge < -0.3 is 0 Å². The van der Waals surface area contributed by atoms with Crippen molar-refractivity contribution in [1.29, 1.82) is 0 Å². The number of amides is 2. The maximum atomic E-state index is 12.8. The van der Waals surface area contributed by atoms with Gasteiger partial charge in [-0.25, -0.2) is 17.7 Å². The lowest BCUT2D eigenvalue weighted by molar-refractivity contribution is -0.385. The Hall–Kier alpha value is -3.64. The molecule has 33 heavy (non-hydrogen) atoms. The van der Waals surface area contributed by atoms with Crippen LogP contribution in [-0.2, 0) is 10.0 Å². The van der Waals surface area contributed by atoms with E-state index in [1.165, 1.54) is 24.3 Å². The number of carbonyl (C=O) groups excluding carboxylic acids is 2. The fraction of sp³-hybridized carbons (Fsp3) is 0.190. The van der Waals surface area contributed by atoms with E-state index in [1.807, 2.05) is 0 Å². The van der Waals surface area contributed by atoms with Crippen LogP contribution in [-0.4, -0.2) is 40.5 Å². The molecule has 168 valence electrons. The molecular formula is C21H16N4O6S2. The molecule has 0 saturated heterocycles. The molecule has 12 heteroatoms. The van der Waals surface area contributed by atoms with Crippen molar-refractivity contribution in [2.75, 3.05) is 5.32 Å². The lowest BCUT2D eigenvalue weighted by Crippen LogP contribution is -2.31. The number of anilines is 1. The molecule has 2 aromatic carbocycles. The highest BCUT2D eigenvalue weighted by atomic mass is 32.2. The molecule has 2 heterocycles. The average molecular weight is 485 g/mol. The zero-order chi connectivity index (χ0) is 23.5. The van der Waals surface area contributed by atoms with Gasteiger partial charge in [-0.15, -0.1) is 11.3 Å². The van der Waals surface area contributed by atoms with Gasteiger partial charge in [0.25, 0.3) is 27.5 Å². The zero-order valence-electron chi connectivity index (χ0n) is 17.1. The first-order valence-electron chi connectivity index (χ1n) is 9.92. The van der Waals surface area contributed by atoms with Gasteiger partial charge in [-0.1, -0.05) is 12.1 Å². The van der Waals surface area contributed by atoms with Crippen LogP contribution in [0.4, 0.5) is 10.8 Å². The smallest absolute Gasteiger partial charge is 0.272 e. The van der Waals surface area contributed by atoms with Crippen LogP contribution in [0.1, 0.15) is 39.1 Å². The fourth-order valence-electron chi connectivity index (χ4n) is 3.66. The predicted octanol–water partition coefficient (Wildman–Crippen LogP) is 3.59. The summed E-state index contributed by atoms with van der Waals surface area (Å²) < 4.78 is 26.5. The van der Waals surface area contributed by atoms with Gasteiger partial charge in [0, 0.05) is 34.2 Å². The van der Waals surface area contributed by atoms with Gasteiger partial charge in [-0.05, 0) is 38.0 Å². The average Bonchev–Trinajstić information content (AvgIpc) is 3.45. The number of carbonyl (C=O) groups is 2. The molecule has 1 aliphatic heterocycles. The second-order valence-electron chi connectivity index (χ2n) is 7.80. The molecule has 2 aliphatic rings. The summed E-state index contributed by atoms with van der Waals surface area (Å²) in [6.45, 7) is 1.64. The van der Waals surface area contributed by atoms with Gasteiger partial charge in [0.1, 0.15) is 4.90 Å². The number of aryl methyl sites for hydroxylation is 1. The first-order valence-corrected chi connectivity index (χ1v) is 12.2. The number of hydrogen-bond acceptors (Lipinski definition) is 8. The van der Waals surface area contributed by atoms with Gasteiger partial charge in [-0.2, -0.15) is 0 Å². The highest BCUT2D eigenvalue weighted by Gasteiger charge is 2.48. The number of fused-ring (bicyclic) bond motifs is 1. The third-order valence-electron chi connectivity index (χ3n) is 5.52. The molecule has 0 spiro atoms. The minimum atomic E-state index is -3.97. The van der Waals surface area contributed by atoms with E-state index in [2.05, 4.69) is 10.3 Å². The molecule has 0 bridgehead atoms. The molecule has 0 unspecified atom stereocenters. The van der Waals surface area contributed by atoms with Gasteiger partial charge in [0.2, 0.25) is 0 Å². The van der Waals surface area contributed by atoms with Crippen LogP contribution in [0.5, 0.6) is 0 Å². The lowest BCUT2D eigenvalue weighted by Gasteiger charge is -2.13. The summed E-state index contributed by atoms with van der Waals surface area (Å²) in [5, 5.41) is 15.7. The van der Waals surface area contributed by atoms with Crippen LogP contribution in [0.25, 0.3) is 11.3 Å². The number of benzene rings is 2. The van der Waals surface area contributed by atoms with Crippen molar-refractivity contribution in [3.63, 3.8) is 0 Å². The first-order chi connectivity index (χ1) is 15.7. The van der Waals surface area contributed by atoms with E-state index in [1.54, 1.807) is 24.4 Å². The van der Waals surface area contributed by atoms with Crippen molar-refractivity contribution >= 4 is 44.0 Å². The third kappa shape index (κ3) is 3.56. The molecule has 1 fully saturated rings. The number of nitrogens with one attached hydrogen (secondary N) is 1. The summed E-state index contributed by atoms with van der Waals surface area (Å²) in [6, 6.07) is 8.40. The number of nitro groups is 1. The molecule has 1 aromatic heterocycles. The summed E-state index contributed by atoms with van der Waals surface area (Å²) in [5.41, 5.74) is 1.63. The lowest BCUT2D eigenvalue weighted by atomic mass is 10.1. The minimum Gasteiger partial charge on any atom is -0.298 e. The van der Waals surface area contributed by atoms with E-state index in [0.717, 1.165) is 15.6 Å². The van der Waals surface area contributed by atoms with Gasteiger partial charge in [0.15, 0.2) is 5.13 Å². The Balaban J connectivity index is 1.39. The van der Waals surface area contributed by atoms with Gasteiger partial charge in [-0.3, -0.25) is 25.0 Å². The minimum absolute atomic E-state index is 0.0276. The molecule has 1 N–H and O–H groups in total. The van der Waals surface area contributed by atoms with Crippen molar-refractivity contribution in [2.45, 2.75) is 30.7 Å². The molecule has 10 nitrogen and oxygen atoms in total. The third-order valence-corrected chi connectivity index (χ3v) is 8.15. The predicted molar refractivity (Wildman–Crippen MR) is 120 cm³/mol. The van der Waals surface area contributed by atoms with Crippen molar-refractivity contribution in [2.24, 2.45) is 0 Å². The molecule has 2 amide bonds. The highest BCUT2D eigenvalue weighted by Crippen LogP contribution is 2.39. The standard InChI is InChI=1S/C21H16N4O6S2/c1-11-2-3-12(8-17(11)25(28)29)16-10-32-21(22-16)23-19(26)13-4-7-15-18(9-13)33(30,31)24(20(15)27)14-5-6-14/h2-4,7-10,14H,5-6H2,1H3,(H,22,23,26). The SMILES string of the molecule is Cc1ccc(-c2csc(NC(=O)c3ccc4c(c3)S(=O)(=O)N(C3CC3)C4=O)n2)cc1[N+](=O)[O-]. The molecule has 1 saturated carbocycles. The number of nitro benzene ring substituents is 1. The van der Waals surface area contributed by atoms with Gasteiger partial charge in [0.05, 0.1) is 16.2 Å². The Bertz CT molecular complexity index is 1460. The van der Waals surface area contributed by atoms with Crippen molar-refractivity contribution in [3.05, 3.63) is 68.6 Å². The summed E-state index contributed by atoms with van der Waals surface area (Å²) in [4.78, 5) is 40.1. The number of thiazole rings is 1. The fourth-order valence-corrected chi connectivity index (χ4v) is 6.21. The largest absolute Gasteiger partial charge is 0.298 e. The molecule has 1 aliphatic carbocycles. The molecular weight excluding hydrogens is 468 g/mol. The monoisotopic (exact) mass is 484 g/mol. The van der Waals surface area contributed by atoms with Crippen molar-refractivity contribution < 1.29 is 22.9 Å². The van der Waals surface area contributed by atoms with Crippen LogP contribution in [0.3, 0.4) is 0 Å². The number of sulfonamides is 1. The highest BCUT2D eigenvalue weighted by molar-refractivity contribution is 7.90. The topological polar surface area (TPSA) is 140 Å². The number of aromatic nitrogens is 1. The Morgan fingerprint density at radius 3 is 2.70 bits per heavy atom. The van der Waals surface area contributed by atoms with Crippen molar-refractivity contribution in [3.8, 4) is 11.3 Å². The van der Waals surface area contributed by atoms with Crippen LogP contribution in [0, 0.1) is 17.0 Å². The van der Waals surface area contributed by atoms with E-state index in [9.17, 15) is 28.1 Å². The molecule has 3 aromatic rings. The number of nitrogens with zero attached hydrogens (tertiary/aromatic N) is 3. The quantitative estimate of drug-likeness (QED) is 0.431. The summed E-state index contributed by atoms with van der Waals surface area (Å²) in [6.07, 6.45) is 1.28. The van der Waals surface area contributed by atoms with E-state index in [-0.39, 0.29) is 32.9 Å². The van der Waals surface area contributed by atoms with Crippen molar-refractivity contribution in [1.82, 2.24) is 9.29 Å². The first kappa shape index (κ1) is 21.2. The van der Waals surface area contributed by atoms with E-state index in [4.69, 9.17) is 0 Å². The summed E-state index contributed by atoms with van der Waals surface area (Å²) in [7, 11) is -3.97. The van der Waals surface area contributed by atoms with Crippen LogP contribution in [0.2, 0.25) is 0 Å². The van der Waals surface area contributed by atoms with E-state index in [0.29, 0.717) is 29.7 Å². The Labute approximate surface area is 192 Å². The van der Waals surface area contributed by atoms with Crippen LogP contribution in [0.15, 0.2) is 46.7 Å². The molecule has 0 radical (unpaired) electrons. The van der Waals surface area contributed by atoms with Gasteiger partial charge >= 0.3 is 0 Å². The second-order valence-corrected chi connectivity index (χ2v) is 10.4. The Morgan fingerprint density at radius 2 is 2.00 bits per heavy atom. The van der Waals surface area contributed by atoms with Crippen LogP contribution >= 0.6 is 11.3 Å². The maximum absolute atomic E-state index is 12.8. The van der Waals surface area contributed by atoms with Crippen LogP contribution < -0.4 is 5.32 Å². The maximum Gasteiger partial charge on any atom is 0.272 e. The second kappa shape index (κ2) is 7.46. The van der Waals surface area contributed by atoms with E-state index < -0.39 is 26.8 Å². The van der Waals surface area contributed by atoms with E-state index >= 15 is 0 Å². The Kier molecular flexibility index (Phi) is 4.79. The zero-order valence-corrected chi connectivity index (χ0v) is 18.8. The summed E-state index contributed by atoms with van der Waals surface area (Å²) in [5.74, 6) is -1.14. The molecule has 0 atom stereocenters. The summed E-state index contributed by atoms with van der Waals surface area (Å²) >= 11 is 1.13. The number of rotatable bonds is 5.